The molecular formula is C27H33F5O. The number of ether oxygens (including phenoxy) is 1. The molecule has 0 N–H and O–H groups in total. The van der Waals surface area contributed by atoms with Crippen LogP contribution in [0.4, 0.5) is 22.0 Å². The van der Waals surface area contributed by atoms with Crippen LogP contribution >= 0.6 is 0 Å². The Morgan fingerprint density at radius 1 is 0.939 bits per heavy atom. The Morgan fingerprint density at radius 2 is 1.55 bits per heavy atom. The van der Waals surface area contributed by atoms with Crippen LogP contribution in [0.5, 0.6) is 5.75 Å². The van der Waals surface area contributed by atoms with E-state index in [2.05, 4.69) is 18.6 Å². The van der Waals surface area contributed by atoms with Gasteiger partial charge in [-0.05, 0) is 91.7 Å². The topological polar surface area (TPSA) is 9.23 Å². The molecule has 2 aromatic carbocycles. The Bertz CT molecular complexity index is 859. The van der Waals surface area contributed by atoms with Crippen molar-refractivity contribution < 1.29 is 26.7 Å². The molecular weight excluding hydrogens is 435 g/mol. The summed E-state index contributed by atoms with van der Waals surface area (Å²) in [6.45, 7) is 4.51. The third-order valence-corrected chi connectivity index (χ3v) is 7.07. The molecule has 0 amide bonds. The van der Waals surface area contributed by atoms with Gasteiger partial charge in [-0.15, -0.1) is 13.2 Å². The van der Waals surface area contributed by atoms with E-state index >= 15 is 0 Å². The molecule has 1 saturated carbocycles. The highest BCUT2D eigenvalue weighted by Crippen LogP contribution is 2.39. The summed E-state index contributed by atoms with van der Waals surface area (Å²) >= 11 is 0. The third-order valence-electron chi connectivity index (χ3n) is 7.07. The summed E-state index contributed by atoms with van der Waals surface area (Å²) in [5.41, 5.74) is 1.45. The summed E-state index contributed by atoms with van der Waals surface area (Å²) in [5.74, 6) is 0.273. The molecule has 0 radical (unpaired) electrons. The standard InChI is InChI=1S/C27H33F5O/c1-3-18(2)4-5-19-6-11-21(12-7-19)22-16-25(28)24(26(29)17-22)15-10-20-8-13-23(14-9-20)33-27(30,31)32/h8-9,13-14,16-19,21H,3-7,10-12,15H2,1-2H3. The van der Waals surface area contributed by atoms with Gasteiger partial charge in [-0.1, -0.05) is 45.2 Å². The van der Waals surface area contributed by atoms with Crippen LogP contribution < -0.4 is 4.74 Å². The zero-order valence-electron chi connectivity index (χ0n) is 19.4. The largest absolute Gasteiger partial charge is 0.573 e. The summed E-state index contributed by atoms with van der Waals surface area (Å²) in [6, 6.07) is 8.32. The quantitative estimate of drug-likeness (QED) is 0.334. The zero-order chi connectivity index (χ0) is 24.0. The second-order valence-electron chi connectivity index (χ2n) is 9.46. The van der Waals surface area contributed by atoms with E-state index in [0.29, 0.717) is 12.0 Å². The Labute approximate surface area is 193 Å². The van der Waals surface area contributed by atoms with E-state index in [9.17, 15) is 22.0 Å². The Morgan fingerprint density at radius 3 is 2.09 bits per heavy atom. The van der Waals surface area contributed by atoms with Crippen molar-refractivity contribution in [1.82, 2.24) is 0 Å². The lowest BCUT2D eigenvalue weighted by molar-refractivity contribution is -0.274. The maximum absolute atomic E-state index is 14.8. The van der Waals surface area contributed by atoms with Crippen molar-refractivity contribution in [1.29, 1.82) is 0 Å². The maximum Gasteiger partial charge on any atom is 0.573 e. The molecule has 0 aliphatic heterocycles. The minimum Gasteiger partial charge on any atom is -0.406 e. The van der Waals surface area contributed by atoms with Crippen LogP contribution in [-0.2, 0) is 12.8 Å². The summed E-state index contributed by atoms with van der Waals surface area (Å²) in [6.07, 6.45) is 3.57. The first-order chi connectivity index (χ1) is 15.6. The number of rotatable bonds is 9. The van der Waals surface area contributed by atoms with Crippen LogP contribution in [-0.4, -0.2) is 6.36 Å². The minimum atomic E-state index is -4.75. The first-order valence-corrected chi connectivity index (χ1v) is 12.0. The summed E-state index contributed by atoms with van der Waals surface area (Å²) in [4.78, 5) is 0. The molecule has 182 valence electrons. The normalized spacial score (nSPS) is 20.0. The third kappa shape index (κ3) is 7.72. The maximum atomic E-state index is 14.8. The average molecular weight is 469 g/mol. The predicted octanol–water partition coefficient (Wildman–Crippen LogP) is 8.75. The molecule has 0 aromatic heterocycles. The van der Waals surface area contributed by atoms with Crippen LogP contribution in [0.15, 0.2) is 36.4 Å². The monoisotopic (exact) mass is 468 g/mol. The van der Waals surface area contributed by atoms with Crippen molar-refractivity contribution in [2.75, 3.05) is 0 Å². The minimum absolute atomic E-state index is 0.0246. The number of hydrogen-bond acceptors (Lipinski definition) is 1. The highest BCUT2D eigenvalue weighted by molar-refractivity contribution is 5.31. The molecule has 1 aliphatic rings. The van der Waals surface area contributed by atoms with Gasteiger partial charge in [0.05, 0.1) is 0 Å². The van der Waals surface area contributed by atoms with E-state index in [-0.39, 0.29) is 23.7 Å². The fraction of sp³-hybridized carbons (Fsp3) is 0.556. The Hall–Kier alpha value is -2.11. The Kier molecular flexibility index (Phi) is 8.77. The first-order valence-electron chi connectivity index (χ1n) is 12.0. The number of aryl methyl sites for hydroxylation is 1. The van der Waals surface area contributed by atoms with Gasteiger partial charge in [-0.3, -0.25) is 0 Å². The molecule has 1 nitrogen and oxygen atoms in total. The highest BCUT2D eigenvalue weighted by Gasteiger charge is 2.31. The number of benzene rings is 2. The van der Waals surface area contributed by atoms with Gasteiger partial charge in [0, 0.05) is 5.56 Å². The summed E-state index contributed by atoms with van der Waals surface area (Å²) in [7, 11) is 0. The molecule has 0 spiro atoms. The van der Waals surface area contributed by atoms with Gasteiger partial charge in [-0.2, -0.15) is 0 Å². The Balaban J connectivity index is 1.55. The molecule has 3 rings (SSSR count). The molecule has 1 aliphatic carbocycles. The molecule has 1 unspecified atom stereocenters. The van der Waals surface area contributed by atoms with Crippen molar-refractivity contribution in [3.8, 4) is 5.75 Å². The predicted molar refractivity (Wildman–Crippen MR) is 120 cm³/mol. The lowest BCUT2D eigenvalue weighted by atomic mass is 9.76. The van der Waals surface area contributed by atoms with E-state index in [1.54, 1.807) is 0 Å². The van der Waals surface area contributed by atoms with Crippen LogP contribution in [0.2, 0.25) is 0 Å². The van der Waals surface area contributed by atoms with Gasteiger partial charge in [0.15, 0.2) is 0 Å². The molecule has 1 atom stereocenters. The van der Waals surface area contributed by atoms with Gasteiger partial charge < -0.3 is 4.74 Å². The second-order valence-corrected chi connectivity index (χ2v) is 9.46. The zero-order valence-corrected chi connectivity index (χ0v) is 19.4. The fourth-order valence-electron chi connectivity index (χ4n) is 4.73. The molecule has 6 heteroatoms. The molecule has 33 heavy (non-hydrogen) atoms. The van der Waals surface area contributed by atoms with Crippen molar-refractivity contribution in [2.24, 2.45) is 11.8 Å². The number of alkyl halides is 3. The van der Waals surface area contributed by atoms with Gasteiger partial charge in [0.2, 0.25) is 0 Å². The fourth-order valence-corrected chi connectivity index (χ4v) is 4.73. The molecule has 2 aromatic rings. The van der Waals surface area contributed by atoms with E-state index < -0.39 is 18.0 Å². The number of halogens is 5. The van der Waals surface area contributed by atoms with Crippen LogP contribution in [0.1, 0.15) is 81.4 Å². The second kappa shape index (κ2) is 11.3. The average Bonchev–Trinajstić information content (AvgIpc) is 2.77. The lowest BCUT2D eigenvalue weighted by Crippen LogP contribution is -2.17. The van der Waals surface area contributed by atoms with Crippen molar-refractivity contribution >= 4 is 0 Å². The van der Waals surface area contributed by atoms with E-state index in [0.717, 1.165) is 43.1 Å². The first kappa shape index (κ1) is 25.5. The van der Waals surface area contributed by atoms with E-state index in [1.165, 1.54) is 55.7 Å². The SMILES string of the molecule is CCC(C)CCC1CCC(c2cc(F)c(CCc3ccc(OC(F)(F)F)cc3)c(F)c2)CC1. The molecule has 0 heterocycles. The van der Waals surface area contributed by atoms with Crippen LogP contribution in [0, 0.1) is 23.5 Å². The van der Waals surface area contributed by atoms with Gasteiger partial charge in [-0.25, -0.2) is 8.78 Å². The van der Waals surface area contributed by atoms with Crippen molar-refractivity contribution in [3.63, 3.8) is 0 Å². The van der Waals surface area contributed by atoms with Crippen molar-refractivity contribution in [3.05, 3.63) is 64.7 Å². The van der Waals surface area contributed by atoms with Crippen LogP contribution in [0.3, 0.4) is 0 Å². The van der Waals surface area contributed by atoms with Gasteiger partial charge in [0.25, 0.3) is 0 Å². The van der Waals surface area contributed by atoms with Crippen molar-refractivity contribution in [2.45, 2.75) is 83.9 Å². The highest BCUT2D eigenvalue weighted by atomic mass is 19.4. The molecule has 0 saturated heterocycles. The summed E-state index contributed by atoms with van der Waals surface area (Å²) < 4.78 is 70.1. The molecule has 1 fully saturated rings. The smallest absolute Gasteiger partial charge is 0.406 e. The van der Waals surface area contributed by atoms with Gasteiger partial charge >= 0.3 is 6.36 Å². The van der Waals surface area contributed by atoms with Gasteiger partial charge in [0.1, 0.15) is 17.4 Å². The summed E-state index contributed by atoms with van der Waals surface area (Å²) in [5, 5.41) is 0. The van der Waals surface area contributed by atoms with E-state index in [1.807, 2.05) is 0 Å². The lowest BCUT2D eigenvalue weighted by Gasteiger charge is -2.29. The molecule has 0 bridgehead atoms. The number of hydrogen-bond donors (Lipinski definition) is 0. The van der Waals surface area contributed by atoms with Crippen LogP contribution in [0.25, 0.3) is 0 Å². The van der Waals surface area contributed by atoms with E-state index in [4.69, 9.17) is 0 Å².